The first-order valence-electron chi connectivity index (χ1n) is 10.5. The zero-order valence-electron chi connectivity index (χ0n) is 17.0. The van der Waals surface area contributed by atoms with Crippen molar-refractivity contribution in [2.24, 2.45) is 5.92 Å². The van der Waals surface area contributed by atoms with E-state index in [1.807, 2.05) is 18.2 Å². The van der Waals surface area contributed by atoms with Crippen LogP contribution in [0.3, 0.4) is 0 Å². The van der Waals surface area contributed by atoms with Gasteiger partial charge in [-0.15, -0.1) is 0 Å². The maximum Gasteiger partial charge on any atom is 0.143 e. The average Bonchev–Trinajstić information content (AvgIpc) is 2.71. The quantitative estimate of drug-likeness (QED) is 0.809. The Balaban J connectivity index is 1.37. The van der Waals surface area contributed by atoms with E-state index in [0.717, 1.165) is 48.7 Å². The average molecular weight is 379 g/mol. The molecule has 148 valence electrons. The van der Waals surface area contributed by atoms with Crippen LogP contribution >= 0.6 is 0 Å². The Morgan fingerprint density at radius 1 is 1.14 bits per heavy atom. The van der Waals surface area contributed by atoms with E-state index in [1.165, 1.54) is 25.8 Å². The lowest BCUT2D eigenvalue weighted by Crippen LogP contribution is -2.46. The van der Waals surface area contributed by atoms with Gasteiger partial charge in [0.25, 0.3) is 0 Å². The number of hydrogen-bond donors (Lipinski definition) is 0. The van der Waals surface area contributed by atoms with Crippen LogP contribution in [0.4, 0.5) is 5.69 Å². The van der Waals surface area contributed by atoms with Gasteiger partial charge in [0.15, 0.2) is 0 Å². The zero-order chi connectivity index (χ0) is 19.5. The van der Waals surface area contributed by atoms with Gasteiger partial charge in [-0.1, -0.05) is 18.2 Å². The van der Waals surface area contributed by atoms with Crippen LogP contribution in [0.1, 0.15) is 38.8 Å². The molecule has 0 N–H and O–H groups in total. The molecule has 5 heteroatoms. The molecule has 2 aliphatic rings. The van der Waals surface area contributed by atoms with Crippen LogP contribution in [0.2, 0.25) is 0 Å². The molecule has 2 atom stereocenters. The van der Waals surface area contributed by atoms with Gasteiger partial charge >= 0.3 is 0 Å². The van der Waals surface area contributed by atoms with Crippen molar-refractivity contribution in [3.05, 3.63) is 36.0 Å². The summed E-state index contributed by atoms with van der Waals surface area (Å²) >= 11 is 0. The Morgan fingerprint density at radius 2 is 1.86 bits per heavy atom. The number of para-hydroxylation sites is 1. The van der Waals surface area contributed by atoms with E-state index in [-0.39, 0.29) is 0 Å². The summed E-state index contributed by atoms with van der Waals surface area (Å²) in [7, 11) is 0. The summed E-state index contributed by atoms with van der Waals surface area (Å²) in [5.74, 6) is 0.785. The highest BCUT2D eigenvalue weighted by molar-refractivity contribution is 5.92. The van der Waals surface area contributed by atoms with Crippen molar-refractivity contribution < 1.29 is 4.74 Å². The maximum atomic E-state index is 9.35. The van der Waals surface area contributed by atoms with E-state index < -0.39 is 0 Å². The van der Waals surface area contributed by atoms with E-state index in [2.05, 4.69) is 46.8 Å². The summed E-state index contributed by atoms with van der Waals surface area (Å²) in [6, 6.07) is 12.3. The minimum Gasteiger partial charge on any atom is -0.373 e. The topological polar surface area (TPSA) is 52.4 Å². The normalized spacial score (nSPS) is 24.4. The molecule has 0 bridgehead atoms. The molecule has 5 nitrogen and oxygen atoms in total. The van der Waals surface area contributed by atoms with Crippen molar-refractivity contribution >= 4 is 16.6 Å². The zero-order valence-corrected chi connectivity index (χ0v) is 17.0. The lowest BCUT2D eigenvalue weighted by atomic mass is 9.92. The fraction of sp³-hybridized carbons (Fsp3) is 0.565. The van der Waals surface area contributed by atoms with Gasteiger partial charge < -0.3 is 9.64 Å². The largest absolute Gasteiger partial charge is 0.373 e. The molecule has 0 spiro atoms. The molecular weight excluding hydrogens is 348 g/mol. The standard InChI is InChI=1S/C23H30N4O/c1-17-15-26(16-18(2)28-17)10-7-19-8-11-27(12-9-19)23-13-20(14-24)25-22-6-4-3-5-21(22)23/h3-6,13,17-19H,7-12,15-16H2,1-2H3. The second kappa shape index (κ2) is 8.46. The molecule has 2 aromatic rings. The summed E-state index contributed by atoms with van der Waals surface area (Å²) in [6.45, 7) is 9.76. The van der Waals surface area contributed by atoms with Gasteiger partial charge in [0.1, 0.15) is 11.8 Å². The molecule has 1 aromatic carbocycles. The number of rotatable bonds is 4. The first-order valence-corrected chi connectivity index (χ1v) is 10.5. The Bertz CT molecular complexity index is 843. The second-order valence-electron chi connectivity index (χ2n) is 8.39. The van der Waals surface area contributed by atoms with Gasteiger partial charge in [-0.2, -0.15) is 5.26 Å². The van der Waals surface area contributed by atoms with Gasteiger partial charge in [0, 0.05) is 37.3 Å². The number of morpholine rings is 1. The number of nitrogens with zero attached hydrogens (tertiary/aromatic N) is 4. The smallest absolute Gasteiger partial charge is 0.143 e. The number of aromatic nitrogens is 1. The van der Waals surface area contributed by atoms with Crippen molar-refractivity contribution in [1.82, 2.24) is 9.88 Å². The fourth-order valence-corrected chi connectivity index (χ4v) is 4.77. The molecule has 2 unspecified atom stereocenters. The molecular formula is C23H30N4O. The highest BCUT2D eigenvalue weighted by Crippen LogP contribution is 2.31. The first kappa shape index (κ1) is 19.2. The Hall–Kier alpha value is -2.16. The molecule has 0 radical (unpaired) electrons. The van der Waals surface area contributed by atoms with Crippen LogP contribution < -0.4 is 4.90 Å². The monoisotopic (exact) mass is 378 g/mol. The lowest BCUT2D eigenvalue weighted by Gasteiger charge is -2.38. The highest BCUT2D eigenvalue weighted by atomic mass is 16.5. The van der Waals surface area contributed by atoms with Crippen molar-refractivity contribution in [3.63, 3.8) is 0 Å². The third-order valence-corrected chi connectivity index (χ3v) is 6.11. The maximum absolute atomic E-state index is 9.35. The van der Waals surface area contributed by atoms with Gasteiger partial charge in [-0.25, -0.2) is 4.98 Å². The molecule has 2 aliphatic heterocycles. The molecule has 2 fully saturated rings. The number of fused-ring (bicyclic) bond motifs is 1. The molecule has 4 rings (SSSR count). The number of benzene rings is 1. The minimum atomic E-state index is 0.347. The van der Waals surface area contributed by atoms with Gasteiger partial charge in [0.2, 0.25) is 0 Å². The van der Waals surface area contributed by atoms with Crippen LogP contribution in [-0.4, -0.2) is 54.8 Å². The number of anilines is 1. The van der Waals surface area contributed by atoms with Crippen LogP contribution in [0, 0.1) is 17.2 Å². The third-order valence-electron chi connectivity index (χ3n) is 6.11. The Kier molecular flexibility index (Phi) is 5.79. The van der Waals surface area contributed by atoms with Gasteiger partial charge in [-0.3, -0.25) is 4.90 Å². The fourth-order valence-electron chi connectivity index (χ4n) is 4.77. The second-order valence-corrected chi connectivity index (χ2v) is 8.39. The predicted molar refractivity (Wildman–Crippen MR) is 112 cm³/mol. The van der Waals surface area contributed by atoms with E-state index >= 15 is 0 Å². The SMILES string of the molecule is CC1CN(CCC2CCN(c3cc(C#N)nc4ccccc34)CC2)CC(C)O1. The molecule has 0 amide bonds. The number of piperidine rings is 1. The minimum absolute atomic E-state index is 0.347. The molecule has 1 aromatic heterocycles. The Morgan fingerprint density at radius 3 is 2.57 bits per heavy atom. The van der Waals surface area contributed by atoms with E-state index in [0.29, 0.717) is 17.9 Å². The van der Waals surface area contributed by atoms with E-state index in [4.69, 9.17) is 4.74 Å². The van der Waals surface area contributed by atoms with Crippen LogP contribution in [0.15, 0.2) is 30.3 Å². The summed E-state index contributed by atoms with van der Waals surface area (Å²) in [6.07, 6.45) is 4.40. The summed E-state index contributed by atoms with van der Waals surface area (Å²) in [5.41, 5.74) is 2.58. The summed E-state index contributed by atoms with van der Waals surface area (Å²) in [4.78, 5) is 9.47. The lowest BCUT2D eigenvalue weighted by molar-refractivity contribution is -0.0690. The Labute approximate surface area is 167 Å². The van der Waals surface area contributed by atoms with Crippen molar-refractivity contribution in [1.29, 1.82) is 5.26 Å². The number of hydrogen-bond acceptors (Lipinski definition) is 5. The van der Waals surface area contributed by atoms with E-state index in [1.54, 1.807) is 0 Å². The molecule has 2 saturated heterocycles. The van der Waals surface area contributed by atoms with Gasteiger partial charge in [0.05, 0.1) is 17.7 Å². The van der Waals surface area contributed by atoms with Crippen molar-refractivity contribution in [3.8, 4) is 6.07 Å². The molecule has 3 heterocycles. The third kappa shape index (κ3) is 4.29. The van der Waals surface area contributed by atoms with Crippen LogP contribution in [-0.2, 0) is 4.74 Å². The molecule has 0 aliphatic carbocycles. The van der Waals surface area contributed by atoms with Crippen molar-refractivity contribution in [2.45, 2.75) is 45.3 Å². The predicted octanol–water partition coefficient (Wildman–Crippen LogP) is 3.82. The number of pyridine rings is 1. The molecule has 0 saturated carbocycles. The molecule has 28 heavy (non-hydrogen) atoms. The van der Waals surface area contributed by atoms with Crippen LogP contribution in [0.5, 0.6) is 0 Å². The number of ether oxygens (including phenoxy) is 1. The highest BCUT2D eigenvalue weighted by Gasteiger charge is 2.25. The van der Waals surface area contributed by atoms with Gasteiger partial charge in [-0.05, 0) is 57.7 Å². The van der Waals surface area contributed by atoms with E-state index in [9.17, 15) is 5.26 Å². The summed E-state index contributed by atoms with van der Waals surface area (Å²) < 4.78 is 5.85. The first-order chi connectivity index (χ1) is 13.6. The van der Waals surface area contributed by atoms with Crippen molar-refractivity contribution in [2.75, 3.05) is 37.6 Å². The number of nitriles is 1. The van der Waals surface area contributed by atoms with Crippen LogP contribution in [0.25, 0.3) is 10.9 Å². The summed E-state index contributed by atoms with van der Waals surface area (Å²) in [5, 5.41) is 10.5.